The third kappa shape index (κ3) is 2.89. The van der Waals surface area contributed by atoms with Gasteiger partial charge < -0.3 is 10.4 Å². The van der Waals surface area contributed by atoms with Crippen molar-refractivity contribution in [2.45, 2.75) is 6.92 Å². The van der Waals surface area contributed by atoms with Crippen LogP contribution in [0.4, 0.5) is 17.2 Å². The van der Waals surface area contributed by atoms with Gasteiger partial charge in [0.05, 0.1) is 10.5 Å². The summed E-state index contributed by atoms with van der Waals surface area (Å²) in [6.07, 6.45) is 0. The van der Waals surface area contributed by atoms with Gasteiger partial charge in [-0.1, -0.05) is 6.07 Å². The first kappa shape index (κ1) is 13.5. The molecule has 0 aliphatic rings. The number of anilines is 2. The third-order valence-electron chi connectivity index (χ3n) is 2.58. The molecular weight excluding hydrogens is 262 g/mol. The molecule has 0 spiro atoms. The molecule has 0 radical (unpaired) electrons. The molecule has 0 aliphatic carbocycles. The van der Waals surface area contributed by atoms with Crippen LogP contribution in [0, 0.1) is 17.0 Å². The van der Waals surface area contributed by atoms with E-state index in [-0.39, 0.29) is 17.1 Å². The third-order valence-corrected chi connectivity index (χ3v) is 2.58. The monoisotopic (exact) mass is 273 g/mol. The van der Waals surface area contributed by atoms with Crippen molar-refractivity contribution in [3.63, 3.8) is 0 Å². The number of nitrogens with one attached hydrogen (secondary N) is 1. The normalized spacial score (nSPS) is 10.1. The smallest absolute Gasteiger partial charge is 0.335 e. The Morgan fingerprint density at radius 1 is 1.35 bits per heavy atom. The minimum Gasteiger partial charge on any atom is -0.478 e. The van der Waals surface area contributed by atoms with Gasteiger partial charge in [0.15, 0.2) is 0 Å². The summed E-state index contributed by atoms with van der Waals surface area (Å²) in [5.74, 6) is -0.988. The molecule has 102 valence electrons. The van der Waals surface area contributed by atoms with Gasteiger partial charge in [0.2, 0.25) is 5.82 Å². The Hall–Kier alpha value is -2.96. The van der Waals surface area contributed by atoms with E-state index in [4.69, 9.17) is 5.11 Å². The summed E-state index contributed by atoms with van der Waals surface area (Å²) in [5, 5.41) is 22.6. The van der Waals surface area contributed by atoms with E-state index in [1.807, 2.05) is 0 Å². The van der Waals surface area contributed by atoms with Crippen LogP contribution in [-0.2, 0) is 0 Å². The summed E-state index contributed by atoms with van der Waals surface area (Å²) in [7, 11) is 0. The maximum absolute atomic E-state index is 10.9. The Morgan fingerprint density at radius 3 is 2.75 bits per heavy atom. The second-order valence-electron chi connectivity index (χ2n) is 4.09. The summed E-state index contributed by atoms with van der Waals surface area (Å²) in [5.41, 5.74) is 0.959. The Kier molecular flexibility index (Phi) is 3.60. The van der Waals surface area contributed by atoms with Crippen molar-refractivity contribution in [2.24, 2.45) is 0 Å². The van der Waals surface area contributed by atoms with Gasteiger partial charge >= 0.3 is 11.7 Å². The van der Waals surface area contributed by atoms with Gasteiger partial charge in [-0.05, 0) is 31.2 Å². The van der Waals surface area contributed by atoms with Gasteiger partial charge in [-0.2, -0.15) is 0 Å². The first-order valence-corrected chi connectivity index (χ1v) is 5.70. The zero-order chi connectivity index (χ0) is 14.7. The predicted molar refractivity (Wildman–Crippen MR) is 72.3 cm³/mol. The largest absolute Gasteiger partial charge is 0.478 e. The van der Waals surface area contributed by atoms with Crippen LogP contribution in [0.15, 0.2) is 36.4 Å². The lowest BCUT2D eigenvalue weighted by atomic mass is 10.2. The highest BCUT2D eigenvalue weighted by Crippen LogP contribution is 2.26. The number of carbonyl (C=O) groups is 1. The summed E-state index contributed by atoms with van der Waals surface area (Å²) in [4.78, 5) is 25.3. The van der Waals surface area contributed by atoms with Crippen molar-refractivity contribution >= 4 is 23.2 Å². The highest BCUT2D eigenvalue weighted by molar-refractivity contribution is 5.89. The quantitative estimate of drug-likeness (QED) is 0.655. The number of aryl methyl sites for hydroxylation is 1. The van der Waals surface area contributed by atoms with Gasteiger partial charge in [0, 0.05) is 17.4 Å². The molecule has 7 nitrogen and oxygen atoms in total. The summed E-state index contributed by atoms with van der Waals surface area (Å²) < 4.78 is 0. The number of hydrogen-bond acceptors (Lipinski definition) is 5. The fourth-order valence-electron chi connectivity index (χ4n) is 1.66. The first-order chi connectivity index (χ1) is 9.47. The SMILES string of the molecule is Cc1ccc([N+](=O)[O-])c(Nc2cccc(C(=O)O)c2)n1. The van der Waals surface area contributed by atoms with E-state index >= 15 is 0 Å². The van der Waals surface area contributed by atoms with Crippen molar-refractivity contribution in [3.8, 4) is 0 Å². The molecule has 1 aromatic carbocycles. The Bertz CT molecular complexity index is 685. The van der Waals surface area contributed by atoms with Gasteiger partial charge in [-0.25, -0.2) is 9.78 Å². The highest BCUT2D eigenvalue weighted by Gasteiger charge is 2.15. The number of rotatable bonds is 4. The zero-order valence-corrected chi connectivity index (χ0v) is 10.5. The number of aromatic carboxylic acids is 1. The lowest BCUT2D eigenvalue weighted by molar-refractivity contribution is -0.384. The molecule has 2 N–H and O–H groups in total. The van der Waals surface area contributed by atoms with Crippen LogP contribution in [0.3, 0.4) is 0 Å². The van der Waals surface area contributed by atoms with Crippen molar-refractivity contribution in [1.82, 2.24) is 4.98 Å². The van der Waals surface area contributed by atoms with Gasteiger partial charge in [-0.3, -0.25) is 10.1 Å². The molecule has 0 fully saturated rings. The molecule has 20 heavy (non-hydrogen) atoms. The number of carboxylic acids is 1. The molecule has 0 atom stereocenters. The maximum atomic E-state index is 10.9. The second kappa shape index (κ2) is 5.35. The fraction of sp³-hybridized carbons (Fsp3) is 0.0769. The van der Waals surface area contributed by atoms with E-state index in [2.05, 4.69) is 10.3 Å². The van der Waals surface area contributed by atoms with Crippen molar-refractivity contribution < 1.29 is 14.8 Å². The number of hydrogen-bond donors (Lipinski definition) is 2. The standard InChI is InChI=1S/C13H11N3O4/c1-8-5-6-11(16(19)20)12(14-8)15-10-4-2-3-9(7-10)13(17)18/h2-7H,1H3,(H,14,15)(H,17,18). The number of pyridine rings is 1. The summed E-state index contributed by atoms with van der Waals surface area (Å²) in [6.45, 7) is 1.71. The number of benzene rings is 1. The molecule has 1 heterocycles. The Labute approximate surface area is 114 Å². The fourth-order valence-corrected chi connectivity index (χ4v) is 1.66. The molecule has 0 bridgehead atoms. The molecule has 7 heteroatoms. The van der Waals surface area contributed by atoms with E-state index in [1.165, 1.54) is 24.3 Å². The van der Waals surface area contributed by atoms with Gasteiger partial charge in [-0.15, -0.1) is 0 Å². The molecule has 0 saturated carbocycles. The van der Waals surface area contributed by atoms with Gasteiger partial charge in [0.1, 0.15) is 0 Å². The molecular formula is C13H11N3O4. The summed E-state index contributed by atoms with van der Waals surface area (Å²) in [6, 6.07) is 8.87. The average molecular weight is 273 g/mol. The molecule has 1 aromatic heterocycles. The average Bonchev–Trinajstić information content (AvgIpc) is 2.38. The molecule has 0 aliphatic heterocycles. The van der Waals surface area contributed by atoms with Gasteiger partial charge in [0.25, 0.3) is 0 Å². The second-order valence-corrected chi connectivity index (χ2v) is 4.09. The van der Waals surface area contributed by atoms with Crippen LogP contribution >= 0.6 is 0 Å². The number of carboxylic acid groups (broad SMARTS) is 1. The van der Waals surface area contributed by atoms with Crippen molar-refractivity contribution in [2.75, 3.05) is 5.32 Å². The number of nitrogens with zero attached hydrogens (tertiary/aromatic N) is 2. The summed E-state index contributed by atoms with van der Waals surface area (Å²) >= 11 is 0. The number of nitro groups is 1. The highest BCUT2D eigenvalue weighted by atomic mass is 16.6. The van der Waals surface area contributed by atoms with Crippen molar-refractivity contribution in [1.29, 1.82) is 0 Å². The van der Waals surface area contributed by atoms with Crippen LogP contribution in [0.5, 0.6) is 0 Å². The minimum atomic E-state index is -1.07. The molecule has 0 amide bonds. The Balaban J connectivity index is 2.39. The molecule has 0 unspecified atom stereocenters. The molecule has 2 rings (SSSR count). The van der Waals surface area contributed by atoms with E-state index in [9.17, 15) is 14.9 Å². The van der Waals surface area contributed by atoms with Crippen LogP contribution in [0.25, 0.3) is 0 Å². The van der Waals surface area contributed by atoms with E-state index < -0.39 is 10.9 Å². The topological polar surface area (TPSA) is 105 Å². The Morgan fingerprint density at radius 2 is 2.10 bits per heavy atom. The number of aromatic nitrogens is 1. The molecule has 2 aromatic rings. The first-order valence-electron chi connectivity index (χ1n) is 5.70. The predicted octanol–water partition coefficient (Wildman–Crippen LogP) is 2.74. The van der Waals surface area contributed by atoms with E-state index in [1.54, 1.807) is 19.1 Å². The maximum Gasteiger partial charge on any atom is 0.335 e. The van der Waals surface area contributed by atoms with Crippen LogP contribution in [0.1, 0.15) is 16.1 Å². The lowest BCUT2D eigenvalue weighted by Crippen LogP contribution is -2.02. The van der Waals surface area contributed by atoms with Crippen LogP contribution in [-0.4, -0.2) is 21.0 Å². The molecule has 0 saturated heterocycles. The lowest BCUT2D eigenvalue weighted by Gasteiger charge is -2.07. The van der Waals surface area contributed by atoms with Crippen LogP contribution in [0.2, 0.25) is 0 Å². The minimum absolute atomic E-state index is 0.0811. The van der Waals surface area contributed by atoms with E-state index in [0.29, 0.717) is 11.4 Å². The van der Waals surface area contributed by atoms with Crippen molar-refractivity contribution in [3.05, 3.63) is 57.8 Å². The zero-order valence-electron chi connectivity index (χ0n) is 10.5. The van der Waals surface area contributed by atoms with Crippen LogP contribution < -0.4 is 5.32 Å². The van der Waals surface area contributed by atoms with E-state index in [0.717, 1.165) is 0 Å².